The van der Waals surface area contributed by atoms with Crippen LogP contribution < -0.4 is 20.8 Å². The van der Waals surface area contributed by atoms with E-state index in [9.17, 15) is 9.59 Å². The number of amides is 2. The quantitative estimate of drug-likeness (QED) is 0.122. The topological polar surface area (TPSA) is 105 Å². The number of rotatable bonds is 10. The van der Waals surface area contributed by atoms with Crippen molar-refractivity contribution < 1.29 is 14.3 Å². The Hall–Kier alpha value is -4.99. The number of para-hydroxylation sites is 2. The average molecular weight is 582 g/mol. The van der Waals surface area contributed by atoms with Gasteiger partial charge in [-0.25, -0.2) is 10.4 Å². The molecule has 1 heterocycles. The van der Waals surface area contributed by atoms with Crippen LogP contribution in [0.4, 0.5) is 16.5 Å². The number of nitrogens with one attached hydrogen (secondary N) is 3. The predicted molar refractivity (Wildman–Crippen MR) is 164 cm³/mol. The van der Waals surface area contributed by atoms with Gasteiger partial charge >= 0.3 is 0 Å². The summed E-state index contributed by atoms with van der Waals surface area (Å²) in [5.41, 5.74) is 6.78. The molecule has 0 saturated carbocycles. The highest BCUT2D eigenvalue weighted by Crippen LogP contribution is 2.27. The molecule has 0 aliphatic carbocycles. The minimum Gasteiger partial charge on any atom is -0.483 e. The fraction of sp³-hybridized carbons (Fsp3) is 0.0323. The molecule has 204 valence electrons. The van der Waals surface area contributed by atoms with Gasteiger partial charge in [0.2, 0.25) is 0 Å². The minimum atomic E-state index is -0.385. The van der Waals surface area contributed by atoms with Crippen molar-refractivity contribution in [3.8, 4) is 17.0 Å². The molecule has 2 amide bonds. The van der Waals surface area contributed by atoms with Crippen LogP contribution in [0.3, 0.4) is 0 Å². The summed E-state index contributed by atoms with van der Waals surface area (Å²) in [6.07, 6.45) is 1.42. The Morgan fingerprint density at radius 1 is 0.902 bits per heavy atom. The van der Waals surface area contributed by atoms with E-state index in [1.807, 2.05) is 66.0 Å². The second-order valence-electron chi connectivity index (χ2n) is 8.69. The van der Waals surface area contributed by atoms with Gasteiger partial charge in [0, 0.05) is 38.5 Å². The first-order valence-corrected chi connectivity index (χ1v) is 13.8. The molecule has 0 saturated heterocycles. The SMILES string of the molecule is O=C(COc1ccc(Cl)cc1/C=N/NC(=O)c1ccc(-c2csc(Nc3ccccc3)n2)cc1)Nc1ccccc1. The highest BCUT2D eigenvalue weighted by Gasteiger charge is 2.10. The van der Waals surface area contributed by atoms with Crippen LogP contribution in [0.1, 0.15) is 15.9 Å². The number of anilines is 3. The molecule has 4 aromatic carbocycles. The van der Waals surface area contributed by atoms with Gasteiger partial charge in [-0.3, -0.25) is 9.59 Å². The smallest absolute Gasteiger partial charge is 0.271 e. The number of nitrogens with zero attached hydrogens (tertiary/aromatic N) is 2. The lowest BCUT2D eigenvalue weighted by atomic mass is 10.1. The molecule has 0 bridgehead atoms. The van der Waals surface area contributed by atoms with Crippen LogP contribution in [0.15, 0.2) is 114 Å². The van der Waals surface area contributed by atoms with Crippen molar-refractivity contribution in [1.29, 1.82) is 0 Å². The maximum absolute atomic E-state index is 12.7. The maximum Gasteiger partial charge on any atom is 0.271 e. The summed E-state index contributed by atoms with van der Waals surface area (Å²) in [5.74, 6) is -0.305. The third-order valence-corrected chi connectivity index (χ3v) is 6.72. The molecule has 0 unspecified atom stereocenters. The number of hydrogen-bond donors (Lipinski definition) is 3. The number of carbonyl (C=O) groups is 2. The lowest BCUT2D eigenvalue weighted by molar-refractivity contribution is -0.118. The third kappa shape index (κ3) is 7.78. The lowest BCUT2D eigenvalue weighted by Gasteiger charge is -2.10. The van der Waals surface area contributed by atoms with E-state index in [2.05, 4.69) is 26.1 Å². The summed E-state index contributed by atoms with van der Waals surface area (Å²) in [7, 11) is 0. The van der Waals surface area contributed by atoms with Gasteiger partial charge < -0.3 is 15.4 Å². The molecular formula is C31H24ClN5O3S. The molecule has 5 aromatic rings. The molecule has 10 heteroatoms. The first-order valence-electron chi connectivity index (χ1n) is 12.5. The van der Waals surface area contributed by atoms with Crippen molar-refractivity contribution in [1.82, 2.24) is 10.4 Å². The summed E-state index contributed by atoms with van der Waals surface area (Å²) < 4.78 is 5.67. The summed E-state index contributed by atoms with van der Waals surface area (Å²) in [6, 6.07) is 30.9. The first-order chi connectivity index (χ1) is 20.0. The highest BCUT2D eigenvalue weighted by atomic mass is 35.5. The first kappa shape index (κ1) is 27.6. The van der Waals surface area contributed by atoms with Crippen LogP contribution in [0, 0.1) is 0 Å². The molecule has 41 heavy (non-hydrogen) atoms. The molecule has 0 aliphatic rings. The number of benzene rings is 4. The second-order valence-corrected chi connectivity index (χ2v) is 9.98. The van der Waals surface area contributed by atoms with E-state index in [0.717, 1.165) is 22.1 Å². The largest absolute Gasteiger partial charge is 0.483 e. The number of ether oxygens (including phenoxy) is 1. The summed E-state index contributed by atoms with van der Waals surface area (Å²) >= 11 is 7.64. The minimum absolute atomic E-state index is 0.209. The van der Waals surface area contributed by atoms with Gasteiger partial charge in [-0.15, -0.1) is 11.3 Å². The van der Waals surface area contributed by atoms with Crippen molar-refractivity contribution in [2.24, 2.45) is 5.10 Å². The zero-order valence-corrected chi connectivity index (χ0v) is 23.2. The van der Waals surface area contributed by atoms with Crippen molar-refractivity contribution in [3.05, 3.63) is 125 Å². The van der Waals surface area contributed by atoms with E-state index >= 15 is 0 Å². The predicted octanol–water partition coefficient (Wildman–Crippen LogP) is 6.99. The van der Waals surface area contributed by atoms with Crippen LogP contribution in [-0.2, 0) is 4.79 Å². The molecule has 8 nitrogen and oxygen atoms in total. The van der Waals surface area contributed by atoms with Crippen LogP contribution in [0.2, 0.25) is 5.02 Å². The van der Waals surface area contributed by atoms with Gasteiger partial charge in [-0.2, -0.15) is 5.10 Å². The maximum atomic E-state index is 12.7. The molecule has 0 radical (unpaired) electrons. The molecule has 0 fully saturated rings. The van der Waals surface area contributed by atoms with E-state index in [4.69, 9.17) is 16.3 Å². The van der Waals surface area contributed by atoms with Crippen LogP contribution in [-0.4, -0.2) is 29.6 Å². The Bertz CT molecular complexity index is 1660. The van der Waals surface area contributed by atoms with E-state index in [1.165, 1.54) is 17.6 Å². The third-order valence-electron chi connectivity index (χ3n) is 5.73. The van der Waals surface area contributed by atoms with E-state index in [1.54, 1.807) is 42.5 Å². The number of hydrogen-bond acceptors (Lipinski definition) is 7. The molecular weight excluding hydrogens is 558 g/mol. The summed E-state index contributed by atoms with van der Waals surface area (Å²) in [6.45, 7) is -0.209. The Kier molecular flexibility index (Phi) is 9.00. The Labute approximate surface area is 245 Å². The second kappa shape index (κ2) is 13.4. The van der Waals surface area contributed by atoms with Gasteiger partial charge in [0.1, 0.15) is 5.75 Å². The fourth-order valence-electron chi connectivity index (χ4n) is 3.74. The Morgan fingerprint density at radius 2 is 1.61 bits per heavy atom. The molecule has 1 aromatic heterocycles. The number of thiazole rings is 1. The van der Waals surface area contributed by atoms with E-state index in [-0.39, 0.29) is 18.4 Å². The number of halogens is 1. The van der Waals surface area contributed by atoms with Crippen molar-refractivity contribution in [2.45, 2.75) is 0 Å². The van der Waals surface area contributed by atoms with Crippen molar-refractivity contribution >= 4 is 57.5 Å². The number of aromatic nitrogens is 1. The zero-order chi connectivity index (χ0) is 28.4. The number of carbonyl (C=O) groups excluding carboxylic acids is 2. The lowest BCUT2D eigenvalue weighted by Crippen LogP contribution is -2.20. The van der Waals surface area contributed by atoms with Crippen molar-refractivity contribution in [2.75, 3.05) is 17.2 Å². The molecule has 0 spiro atoms. The van der Waals surface area contributed by atoms with Crippen LogP contribution >= 0.6 is 22.9 Å². The summed E-state index contributed by atoms with van der Waals surface area (Å²) in [5, 5.41) is 13.3. The summed E-state index contributed by atoms with van der Waals surface area (Å²) in [4.78, 5) is 29.6. The molecule has 5 rings (SSSR count). The van der Waals surface area contributed by atoms with E-state index in [0.29, 0.717) is 27.6 Å². The van der Waals surface area contributed by atoms with Crippen LogP contribution in [0.5, 0.6) is 5.75 Å². The highest BCUT2D eigenvalue weighted by molar-refractivity contribution is 7.14. The average Bonchev–Trinajstić information content (AvgIpc) is 3.46. The van der Waals surface area contributed by atoms with Crippen molar-refractivity contribution in [3.63, 3.8) is 0 Å². The zero-order valence-electron chi connectivity index (χ0n) is 21.6. The Balaban J connectivity index is 1.17. The van der Waals surface area contributed by atoms with Gasteiger partial charge in [-0.05, 0) is 54.6 Å². The number of hydrazone groups is 1. The van der Waals surface area contributed by atoms with Crippen LogP contribution in [0.25, 0.3) is 11.3 Å². The van der Waals surface area contributed by atoms with Gasteiger partial charge in [0.25, 0.3) is 11.8 Å². The monoisotopic (exact) mass is 581 g/mol. The normalized spacial score (nSPS) is 10.8. The Morgan fingerprint density at radius 3 is 2.34 bits per heavy atom. The fourth-order valence-corrected chi connectivity index (χ4v) is 4.66. The van der Waals surface area contributed by atoms with E-state index < -0.39 is 0 Å². The molecule has 0 aliphatic heterocycles. The van der Waals surface area contributed by atoms with Gasteiger partial charge in [-0.1, -0.05) is 60.1 Å². The standard InChI is InChI=1S/C31H24ClN5O3S/c32-24-15-16-28(40-19-29(38)34-25-7-3-1-4-8-25)23(17-24)18-33-37-30(39)22-13-11-21(12-14-22)27-20-41-31(36-27)35-26-9-5-2-6-10-26/h1-18,20H,19H2,(H,34,38)(H,35,36)(H,37,39)/b33-18+. The molecule has 3 N–H and O–H groups in total. The van der Waals surface area contributed by atoms with Gasteiger partial charge in [0.15, 0.2) is 11.7 Å². The molecule has 0 atom stereocenters. The van der Waals surface area contributed by atoms with Gasteiger partial charge in [0.05, 0.1) is 11.9 Å².